The second-order valence-electron chi connectivity index (χ2n) is 4.71. The molecule has 2 N–H and O–H groups in total. The Bertz CT molecular complexity index is 667. The number of carbonyl (C=O) groups is 1. The SMILES string of the molecule is CCc1nc(C(=O)OC)c(N)n1C(C)c1cccc(F)c1. The Kier molecular flexibility index (Phi) is 4.26. The largest absolute Gasteiger partial charge is 0.464 e. The second kappa shape index (κ2) is 5.95. The highest BCUT2D eigenvalue weighted by Gasteiger charge is 2.23. The van der Waals surface area contributed by atoms with E-state index in [2.05, 4.69) is 9.72 Å². The zero-order chi connectivity index (χ0) is 15.6. The summed E-state index contributed by atoms with van der Waals surface area (Å²) < 4.78 is 19.8. The Balaban J connectivity index is 2.52. The summed E-state index contributed by atoms with van der Waals surface area (Å²) in [6.07, 6.45) is 0.598. The minimum Gasteiger partial charge on any atom is -0.464 e. The maximum atomic E-state index is 13.4. The fourth-order valence-corrected chi connectivity index (χ4v) is 2.34. The van der Waals surface area contributed by atoms with E-state index in [0.29, 0.717) is 12.2 Å². The zero-order valence-electron chi connectivity index (χ0n) is 12.3. The molecule has 1 atom stereocenters. The number of hydrogen-bond donors (Lipinski definition) is 1. The fraction of sp³-hybridized carbons (Fsp3) is 0.333. The molecule has 0 fully saturated rings. The van der Waals surface area contributed by atoms with E-state index in [1.54, 1.807) is 10.6 Å². The summed E-state index contributed by atoms with van der Waals surface area (Å²) in [6, 6.07) is 6.04. The van der Waals surface area contributed by atoms with Gasteiger partial charge in [0.2, 0.25) is 0 Å². The maximum absolute atomic E-state index is 13.4. The molecule has 1 aromatic carbocycles. The van der Waals surface area contributed by atoms with Crippen LogP contribution in [0, 0.1) is 5.82 Å². The molecule has 1 heterocycles. The summed E-state index contributed by atoms with van der Waals surface area (Å²) in [5, 5.41) is 0. The Hall–Kier alpha value is -2.37. The topological polar surface area (TPSA) is 70.1 Å². The normalized spacial score (nSPS) is 12.2. The van der Waals surface area contributed by atoms with Crippen LogP contribution in [0.4, 0.5) is 10.2 Å². The third-order valence-corrected chi connectivity index (χ3v) is 3.43. The molecule has 0 amide bonds. The van der Waals surface area contributed by atoms with Crippen molar-refractivity contribution in [2.24, 2.45) is 0 Å². The second-order valence-corrected chi connectivity index (χ2v) is 4.71. The number of hydrogen-bond acceptors (Lipinski definition) is 4. The number of nitrogen functional groups attached to an aromatic ring is 1. The molecule has 0 aliphatic rings. The molecule has 5 nitrogen and oxygen atoms in total. The van der Waals surface area contributed by atoms with Crippen molar-refractivity contribution in [2.45, 2.75) is 26.3 Å². The zero-order valence-corrected chi connectivity index (χ0v) is 12.3. The van der Waals surface area contributed by atoms with Crippen molar-refractivity contribution in [3.63, 3.8) is 0 Å². The van der Waals surface area contributed by atoms with Crippen molar-refractivity contribution in [3.05, 3.63) is 47.2 Å². The maximum Gasteiger partial charge on any atom is 0.360 e. The smallest absolute Gasteiger partial charge is 0.360 e. The lowest BCUT2D eigenvalue weighted by Crippen LogP contribution is -2.14. The van der Waals surface area contributed by atoms with Gasteiger partial charge in [0.25, 0.3) is 0 Å². The Morgan fingerprint density at radius 3 is 2.81 bits per heavy atom. The first kappa shape index (κ1) is 15.0. The fourth-order valence-electron chi connectivity index (χ4n) is 2.34. The number of anilines is 1. The van der Waals surface area contributed by atoms with Gasteiger partial charge in [-0.2, -0.15) is 0 Å². The van der Waals surface area contributed by atoms with Gasteiger partial charge in [0.05, 0.1) is 13.2 Å². The highest BCUT2D eigenvalue weighted by molar-refractivity contribution is 5.92. The van der Waals surface area contributed by atoms with Crippen LogP contribution in [0.15, 0.2) is 24.3 Å². The molecular weight excluding hydrogens is 273 g/mol. The first-order valence-corrected chi connectivity index (χ1v) is 6.69. The summed E-state index contributed by atoms with van der Waals surface area (Å²) in [7, 11) is 1.28. The summed E-state index contributed by atoms with van der Waals surface area (Å²) in [6.45, 7) is 3.80. The van der Waals surface area contributed by atoms with Gasteiger partial charge < -0.3 is 15.0 Å². The summed E-state index contributed by atoms with van der Waals surface area (Å²) >= 11 is 0. The Morgan fingerprint density at radius 2 is 2.24 bits per heavy atom. The molecule has 0 saturated heterocycles. The average Bonchev–Trinajstić information content (AvgIpc) is 2.82. The van der Waals surface area contributed by atoms with Crippen LogP contribution < -0.4 is 5.73 Å². The van der Waals surface area contributed by atoms with E-state index < -0.39 is 5.97 Å². The molecule has 0 radical (unpaired) electrons. The highest BCUT2D eigenvalue weighted by atomic mass is 19.1. The molecule has 0 bridgehead atoms. The van der Waals surface area contributed by atoms with Crippen molar-refractivity contribution in [3.8, 4) is 0 Å². The quantitative estimate of drug-likeness (QED) is 0.879. The molecular formula is C15H18FN3O2. The number of aromatic nitrogens is 2. The van der Waals surface area contributed by atoms with Crippen molar-refractivity contribution in [1.29, 1.82) is 0 Å². The summed E-state index contributed by atoms with van der Waals surface area (Å²) in [4.78, 5) is 15.9. The number of nitrogens with two attached hydrogens (primary N) is 1. The van der Waals surface area contributed by atoms with Gasteiger partial charge in [0.1, 0.15) is 17.5 Å². The van der Waals surface area contributed by atoms with E-state index in [9.17, 15) is 9.18 Å². The monoisotopic (exact) mass is 291 g/mol. The number of benzene rings is 1. The lowest BCUT2D eigenvalue weighted by molar-refractivity contribution is 0.0595. The third-order valence-electron chi connectivity index (χ3n) is 3.43. The van der Waals surface area contributed by atoms with E-state index in [-0.39, 0.29) is 23.4 Å². The number of esters is 1. The van der Waals surface area contributed by atoms with Gasteiger partial charge >= 0.3 is 5.97 Å². The van der Waals surface area contributed by atoms with E-state index >= 15 is 0 Å². The molecule has 2 rings (SSSR count). The molecule has 1 unspecified atom stereocenters. The van der Waals surface area contributed by atoms with Gasteiger partial charge in [-0.3, -0.25) is 0 Å². The number of aryl methyl sites for hydroxylation is 1. The predicted molar refractivity (Wildman–Crippen MR) is 77.6 cm³/mol. The number of methoxy groups -OCH3 is 1. The lowest BCUT2D eigenvalue weighted by Gasteiger charge is -2.18. The number of ether oxygens (including phenoxy) is 1. The van der Waals surface area contributed by atoms with Crippen LogP contribution in [0.3, 0.4) is 0 Å². The van der Waals surface area contributed by atoms with Crippen molar-refractivity contribution in [2.75, 3.05) is 12.8 Å². The van der Waals surface area contributed by atoms with Crippen molar-refractivity contribution < 1.29 is 13.9 Å². The van der Waals surface area contributed by atoms with Gasteiger partial charge in [-0.05, 0) is 24.6 Å². The van der Waals surface area contributed by atoms with Gasteiger partial charge in [-0.1, -0.05) is 19.1 Å². The van der Waals surface area contributed by atoms with Crippen LogP contribution in [0.1, 0.15) is 41.8 Å². The van der Waals surface area contributed by atoms with Crippen LogP contribution in [0.2, 0.25) is 0 Å². The molecule has 1 aromatic heterocycles. The van der Waals surface area contributed by atoms with E-state index in [1.165, 1.54) is 19.2 Å². The van der Waals surface area contributed by atoms with Gasteiger partial charge in [0, 0.05) is 6.42 Å². The Morgan fingerprint density at radius 1 is 1.52 bits per heavy atom. The van der Waals surface area contributed by atoms with E-state index in [0.717, 1.165) is 5.56 Å². The van der Waals surface area contributed by atoms with E-state index in [4.69, 9.17) is 5.73 Å². The molecule has 2 aromatic rings. The van der Waals surface area contributed by atoms with Crippen LogP contribution in [0.5, 0.6) is 0 Å². The number of rotatable bonds is 4. The van der Waals surface area contributed by atoms with Crippen LogP contribution in [-0.4, -0.2) is 22.6 Å². The molecule has 0 aliphatic heterocycles. The number of carbonyl (C=O) groups excluding carboxylic acids is 1. The van der Waals surface area contributed by atoms with Gasteiger partial charge in [-0.15, -0.1) is 0 Å². The first-order chi connectivity index (χ1) is 9.99. The Labute approximate surface area is 122 Å². The summed E-state index contributed by atoms with van der Waals surface area (Å²) in [5.41, 5.74) is 6.89. The minimum absolute atomic E-state index is 0.0950. The van der Waals surface area contributed by atoms with E-state index in [1.807, 2.05) is 19.9 Å². The summed E-state index contributed by atoms with van der Waals surface area (Å²) in [5.74, 6) is -0.00297. The molecule has 6 heteroatoms. The lowest BCUT2D eigenvalue weighted by atomic mass is 10.1. The number of halogens is 1. The van der Waals surface area contributed by atoms with Crippen LogP contribution >= 0.6 is 0 Å². The number of imidazole rings is 1. The van der Waals surface area contributed by atoms with Crippen molar-refractivity contribution in [1.82, 2.24) is 9.55 Å². The minimum atomic E-state index is -0.576. The molecule has 0 spiro atoms. The molecule has 0 saturated carbocycles. The molecule has 112 valence electrons. The highest BCUT2D eigenvalue weighted by Crippen LogP contribution is 2.27. The molecule has 21 heavy (non-hydrogen) atoms. The van der Waals surface area contributed by atoms with Crippen LogP contribution in [0.25, 0.3) is 0 Å². The standard InChI is InChI=1S/C15H18FN3O2/c1-4-12-18-13(15(20)21-3)14(17)19(12)9(2)10-6-5-7-11(16)8-10/h5-9H,4,17H2,1-3H3. The van der Waals surface area contributed by atoms with Gasteiger partial charge in [0.15, 0.2) is 5.69 Å². The molecule has 0 aliphatic carbocycles. The number of nitrogens with zero attached hydrogens (tertiary/aromatic N) is 2. The van der Waals surface area contributed by atoms with Gasteiger partial charge in [-0.25, -0.2) is 14.2 Å². The average molecular weight is 291 g/mol. The first-order valence-electron chi connectivity index (χ1n) is 6.69. The van der Waals surface area contributed by atoms with Crippen molar-refractivity contribution >= 4 is 11.8 Å². The predicted octanol–water partition coefficient (Wildman–Crippen LogP) is 2.56. The van der Waals surface area contributed by atoms with Crippen LogP contribution in [-0.2, 0) is 11.2 Å². The third kappa shape index (κ3) is 2.74.